The SMILES string of the molecule is Cc1c(Cl)cccc1N1C(=O)NC(=O)/C(=C\c2cc(Cl)cc(Cl)c2OCc2ccc(Cl)cc2Cl)C1=O. The number of nitrogens with zero attached hydrogens (tertiary/aromatic N) is 1. The van der Waals surface area contributed by atoms with Crippen LogP contribution in [-0.4, -0.2) is 17.8 Å². The van der Waals surface area contributed by atoms with E-state index < -0.39 is 17.8 Å². The zero-order valence-corrected chi connectivity index (χ0v) is 22.2. The summed E-state index contributed by atoms with van der Waals surface area (Å²) >= 11 is 30.9. The zero-order valence-electron chi connectivity index (χ0n) is 18.4. The summed E-state index contributed by atoms with van der Waals surface area (Å²) in [7, 11) is 0. The Morgan fingerprint density at radius 3 is 2.33 bits per heavy atom. The molecule has 4 rings (SSSR count). The number of rotatable bonds is 5. The first-order valence-electron chi connectivity index (χ1n) is 10.3. The van der Waals surface area contributed by atoms with E-state index in [1.54, 1.807) is 43.3 Å². The number of benzene rings is 3. The van der Waals surface area contributed by atoms with Crippen molar-refractivity contribution in [2.75, 3.05) is 4.90 Å². The number of hydrogen-bond acceptors (Lipinski definition) is 4. The molecular weight excluding hydrogens is 570 g/mol. The Labute approximate surface area is 231 Å². The summed E-state index contributed by atoms with van der Waals surface area (Å²) in [5, 5.41) is 3.77. The summed E-state index contributed by atoms with van der Waals surface area (Å²) in [6, 6.07) is 11.7. The van der Waals surface area contributed by atoms with Crippen LogP contribution in [0, 0.1) is 6.92 Å². The van der Waals surface area contributed by atoms with Gasteiger partial charge in [0.2, 0.25) is 0 Å². The van der Waals surface area contributed by atoms with Crippen molar-refractivity contribution in [3.8, 4) is 5.75 Å². The van der Waals surface area contributed by atoms with E-state index in [4.69, 9.17) is 62.7 Å². The lowest BCUT2D eigenvalue weighted by molar-refractivity contribution is -0.122. The molecule has 1 aliphatic heterocycles. The van der Waals surface area contributed by atoms with Crippen LogP contribution in [0.3, 0.4) is 0 Å². The van der Waals surface area contributed by atoms with Crippen LogP contribution >= 0.6 is 58.0 Å². The van der Waals surface area contributed by atoms with E-state index in [0.717, 1.165) is 4.90 Å². The molecule has 3 aromatic carbocycles. The van der Waals surface area contributed by atoms with E-state index in [2.05, 4.69) is 5.32 Å². The number of ether oxygens (including phenoxy) is 1. The van der Waals surface area contributed by atoms with E-state index in [0.29, 0.717) is 26.2 Å². The van der Waals surface area contributed by atoms with Gasteiger partial charge in [-0.1, -0.05) is 70.1 Å². The molecule has 4 amide bonds. The minimum absolute atomic E-state index is 0.0139. The van der Waals surface area contributed by atoms with Gasteiger partial charge in [-0.05, 0) is 55.0 Å². The van der Waals surface area contributed by atoms with E-state index in [9.17, 15) is 14.4 Å². The molecule has 36 heavy (non-hydrogen) atoms. The number of hydrogen-bond donors (Lipinski definition) is 1. The number of carbonyl (C=O) groups excluding carboxylic acids is 3. The molecule has 0 bridgehead atoms. The van der Waals surface area contributed by atoms with Crippen molar-refractivity contribution in [2.45, 2.75) is 13.5 Å². The first-order chi connectivity index (χ1) is 17.1. The molecular formula is C25H15Cl5N2O4. The van der Waals surface area contributed by atoms with Crippen LogP contribution in [0.2, 0.25) is 25.1 Å². The van der Waals surface area contributed by atoms with Crippen molar-refractivity contribution in [3.63, 3.8) is 0 Å². The minimum Gasteiger partial charge on any atom is -0.487 e. The van der Waals surface area contributed by atoms with Crippen LogP contribution in [0.5, 0.6) is 5.75 Å². The first-order valence-corrected chi connectivity index (χ1v) is 12.2. The maximum atomic E-state index is 13.3. The fourth-order valence-corrected chi connectivity index (χ4v) is 4.69. The standard InChI is InChI=1S/C25H15Cl5N2O4/c1-12-18(28)3-2-4-21(12)32-24(34)17(23(33)31-25(32)35)8-14-7-16(27)10-20(30)22(14)36-11-13-5-6-15(26)9-19(13)29/h2-10H,11H2,1H3,(H,31,33,35)/b17-8+. The topological polar surface area (TPSA) is 75.7 Å². The summed E-state index contributed by atoms with van der Waals surface area (Å²) in [4.78, 5) is 39.4. The summed E-state index contributed by atoms with van der Waals surface area (Å²) < 4.78 is 5.91. The number of amides is 4. The summed E-state index contributed by atoms with van der Waals surface area (Å²) in [5.74, 6) is -1.58. The molecule has 1 fully saturated rings. The second kappa shape index (κ2) is 10.7. The fraction of sp³-hybridized carbons (Fsp3) is 0.0800. The molecule has 11 heteroatoms. The number of nitrogens with one attached hydrogen (secondary N) is 1. The number of urea groups is 1. The minimum atomic E-state index is -0.898. The molecule has 1 heterocycles. The van der Waals surface area contributed by atoms with Crippen LogP contribution in [0.15, 0.2) is 54.1 Å². The second-order valence-electron chi connectivity index (χ2n) is 7.67. The maximum Gasteiger partial charge on any atom is 0.335 e. The predicted octanol–water partition coefficient (Wildman–Crippen LogP) is 7.51. The Bertz CT molecular complexity index is 1450. The number of imide groups is 2. The Morgan fingerprint density at radius 2 is 1.61 bits per heavy atom. The van der Waals surface area contributed by atoms with Crippen LogP contribution < -0.4 is 15.0 Å². The molecule has 1 aliphatic rings. The molecule has 0 saturated carbocycles. The van der Waals surface area contributed by atoms with Gasteiger partial charge in [-0.3, -0.25) is 14.9 Å². The number of carbonyl (C=O) groups is 3. The van der Waals surface area contributed by atoms with Gasteiger partial charge in [0.15, 0.2) is 0 Å². The quantitative estimate of drug-likeness (QED) is 0.249. The van der Waals surface area contributed by atoms with Gasteiger partial charge in [-0.15, -0.1) is 0 Å². The highest BCUT2D eigenvalue weighted by molar-refractivity contribution is 6.40. The van der Waals surface area contributed by atoms with Gasteiger partial charge in [-0.25, -0.2) is 9.69 Å². The molecule has 3 aromatic rings. The van der Waals surface area contributed by atoms with Crippen molar-refractivity contribution in [2.24, 2.45) is 0 Å². The van der Waals surface area contributed by atoms with E-state index in [1.807, 2.05) is 0 Å². The van der Waals surface area contributed by atoms with E-state index in [1.165, 1.54) is 18.2 Å². The normalized spacial score (nSPS) is 14.9. The number of barbiturate groups is 1. The summed E-state index contributed by atoms with van der Waals surface area (Å²) in [5.41, 5.74) is 1.27. The highest BCUT2D eigenvalue weighted by atomic mass is 35.5. The summed E-state index contributed by atoms with van der Waals surface area (Å²) in [6.07, 6.45) is 1.26. The molecule has 1 saturated heterocycles. The van der Waals surface area contributed by atoms with Crippen molar-refractivity contribution in [3.05, 3.63) is 95.9 Å². The van der Waals surface area contributed by atoms with Crippen molar-refractivity contribution in [1.29, 1.82) is 0 Å². The third-order valence-electron chi connectivity index (χ3n) is 5.31. The second-order valence-corrected chi connectivity index (χ2v) is 9.77. The largest absolute Gasteiger partial charge is 0.487 e. The Hall–Kier alpha value is -2.74. The van der Waals surface area contributed by atoms with Gasteiger partial charge in [-0.2, -0.15) is 0 Å². The van der Waals surface area contributed by atoms with Crippen LogP contribution in [0.1, 0.15) is 16.7 Å². The predicted molar refractivity (Wildman–Crippen MR) is 142 cm³/mol. The highest BCUT2D eigenvalue weighted by Gasteiger charge is 2.38. The zero-order chi connectivity index (χ0) is 26.1. The van der Waals surface area contributed by atoms with Crippen molar-refractivity contribution >= 4 is 87.6 Å². The lowest BCUT2D eigenvalue weighted by Gasteiger charge is -2.28. The number of halogens is 5. The molecule has 1 N–H and O–H groups in total. The molecule has 0 aromatic heterocycles. The Balaban J connectivity index is 1.74. The van der Waals surface area contributed by atoms with Gasteiger partial charge >= 0.3 is 6.03 Å². The molecule has 0 aliphatic carbocycles. The van der Waals surface area contributed by atoms with Crippen LogP contribution in [0.25, 0.3) is 6.08 Å². The van der Waals surface area contributed by atoms with Crippen molar-refractivity contribution < 1.29 is 19.1 Å². The van der Waals surface area contributed by atoms with Gasteiger partial charge in [0.05, 0.1) is 10.7 Å². The molecule has 6 nitrogen and oxygen atoms in total. The van der Waals surface area contributed by atoms with Gasteiger partial charge in [0.1, 0.15) is 17.9 Å². The Morgan fingerprint density at radius 1 is 0.889 bits per heavy atom. The smallest absolute Gasteiger partial charge is 0.335 e. The van der Waals surface area contributed by atoms with E-state index >= 15 is 0 Å². The van der Waals surface area contributed by atoms with Gasteiger partial charge in [0, 0.05) is 31.2 Å². The molecule has 0 unspecified atom stereocenters. The molecule has 0 spiro atoms. The monoisotopic (exact) mass is 582 g/mol. The average molecular weight is 585 g/mol. The van der Waals surface area contributed by atoms with Crippen molar-refractivity contribution in [1.82, 2.24) is 5.32 Å². The van der Waals surface area contributed by atoms with Gasteiger partial charge in [0.25, 0.3) is 11.8 Å². The molecule has 184 valence electrons. The molecule has 0 atom stereocenters. The van der Waals surface area contributed by atoms with Crippen LogP contribution in [0.4, 0.5) is 10.5 Å². The molecule has 0 radical (unpaired) electrons. The van der Waals surface area contributed by atoms with Crippen LogP contribution in [-0.2, 0) is 16.2 Å². The Kier molecular flexibility index (Phi) is 7.83. The lowest BCUT2D eigenvalue weighted by atomic mass is 10.0. The highest BCUT2D eigenvalue weighted by Crippen LogP contribution is 2.36. The van der Waals surface area contributed by atoms with Gasteiger partial charge < -0.3 is 4.74 Å². The average Bonchev–Trinajstić information content (AvgIpc) is 2.79. The third-order valence-corrected chi connectivity index (χ3v) is 6.80. The van der Waals surface area contributed by atoms with E-state index in [-0.39, 0.29) is 39.2 Å². The summed E-state index contributed by atoms with van der Waals surface area (Å²) in [6.45, 7) is 1.67. The number of anilines is 1. The maximum absolute atomic E-state index is 13.3. The lowest BCUT2D eigenvalue weighted by Crippen LogP contribution is -2.54. The fourth-order valence-electron chi connectivity index (χ4n) is 3.50. The third kappa shape index (κ3) is 5.33. The first kappa shape index (κ1) is 26.3.